The monoisotopic (exact) mass is 396 g/mol. The number of hydrogen-bond acceptors (Lipinski definition) is 3. The molecule has 0 atom stereocenters. The fourth-order valence-electron chi connectivity index (χ4n) is 3.29. The highest BCUT2D eigenvalue weighted by Gasteiger charge is 2.16. The van der Waals surface area contributed by atoms with Crippen LogP contribution in [0.4, 0.5) is 0 Å². The van der Waals surface area contributed by atoms with Crippen molar-refractivity contribution >= 4 is 15.7 Å². The Morgan fingerprint density at radius 1 is 1.00 bits per heavy atom. The van der Waals surface area contributed by atoms with Crippen molar-refractivity contribution in [1.29, 1.82) is 0 Å². The molecule has 3 rings (SSSR count). The van der Waals surface area contributed by atoms with E-state index in [9.17, 15) is 13.2 Å². The number of carbonyl (C=O) groups is 1. The van der Waals surface area contributed by atoms with E-state index < -0.39 is 9.84 Å². The van der Waals surface area contributed by atoms with Crippen LogP contribution in [0.2, 0.25) is 0 Å². The van der Waals surface area contributed by atoms with Crippen LogP contribution < -0.4 is 5.32 Å². The maximum absolute atomic E-state index is 12.7. The van der Waals surface area contributed by atoms with Crippen LogP contribution in [0.5, 0.6) is 0 Å². The Balaban J connectivity index is 1.77. The largest absolute Gasteiger partial charge is 0.348 e. The lowest BCUT2D eigenvalue weighted by Crippen LogP contribution is -2.23. The molecule has 0 aliphatic carbocycles. The predicted molar refractivity (Wildman–Crippen MR) is 111 cm³/mol. The first-order valence-corrected chi connectivity index (χ1v) is 10.9. The molecule has 0 saturated heterocycles. The number of rotatable bonds is 5. The summed E-state index contributed by atoms with van der Waals surface area (Å²) in [7, 11) is -3.22. The Bertz CT molecular complexity index is 1130. The number of nitrogens with zero attached hydrogens (tertiary/aromatic N) is 1. The second-order valence-corrected chi connectivity index (χ2v) is 9.07. The van der Waals surface area contributed by atoms with Crippen LogP contribution in [0.25, 0.3) is 5.69 Å². The molecule has 1 heterocycles. The minimum atomic E-state index is -3.22. The van der Waals surface area contributed by atoms with Gasteiger partial charge in [0.05, 0.1) is 10.5 Å². The Morgan fingerprint density at radius 3 is 2.29 bits per heavy atom. The number of amides is 1. The molecule has 0 unspecified atom stereocenters. The predicted octanol–water partition coefficient (Wildman–Crippen LogP) is 3.74. The molecule has 0 fully saturated rings. The third-order valence-electron chi connectivity index (χ3n) is 4.74. The second kappa shape index (κ2) is 7.64. The number of aryl methyl sites for hydroxylation is 2. The quantitative estimate of drug-likeness (QED) is 0.714. The summed E-state index contributed by atoms with van der Waals surface area (Å²) < 4.78 is 25.1. The van der Waals surface area contributed by atoms with Gasteiger partial charge in [0.15, 0.2) is 9.84 Å². The van der Waals surface area contributed by atoms with Gasteiger partial charge >= 0.3 is 0 Å². The van der Waals surface area contributed by atoms with Crippen molar-refractivity contribution in [3.05, 3.63) is 82.7 Å². The van der Waals surface area contributed by atoms with Gasteiger partial charge in [0.1, 0.15) is 0 Å². The van der Waals surface area contributed by atoms with Gasteiger partial charge in [-0.1, -0.05) is 24.3 Å². The van der Waals surface area contributed by atoms with Gasteiger partial charge in [-0.2, -0.15) is 0 Å². The van der Waals surface area contributed by atoms with E-state index in [0.29, 0.717) is 12.1 Å². The van der Waals surface area contributed by atoms with Crippen molar-refractivity contribution in [2.24, 2.45) is 0 Å². The molecule has 1 N–H and O–H groups in total. The fraction of sp³-hybridized carbons (Fsp3) is 0.227. The molecule has 0 saturated carbocycles. The standard InChI is InChI=1S/C22H24N2O3S/c1-15-6-5-7-19(12-15)24-16(2)13-21(17(24)3)22(25)23-14-18-8-10-20(11-9-18)28(4,26)27/h5-13H,14H2,1-4H3,(H,23,25). The molecule has 0 aliphatic rings. The third-order valence-corrected chi connectivity index (χ3v) is 5.87. The van der Waals surface area contributed by atoms with Crippen LogP contribution in [0.3, 0.4) is 0 Å². The van der Waals surface area contributed by atoms with Gasteiger partial charge < -0.3 is 9.88 Å². The summed E-state index contributed by atoms with van der Waals surface area (Å²) in [4.78, 5) is 13.0. The molecular formula is C22H24N2O3S. The average Bonchev–Trinajstić information content (AvgIpc) is 2.93. The number of nitrogens with one attached hydrogen (secondary N) is 1. The zero-order valence-corrected chi connectivity index (χ0v) is 17.3. The van der Waals surface area contributed by atoms with Crippen LogP contribution in [-0.2, 0) is 16.4 Å². The van der Waals surface area contributed by atoms with Crippen LogP contribution >= 0.6 is 0 Å². The van der Waals surface area contributed by atoms with Crippen molar-refractivity contribution in [1.82, 2.24) is 9.88 Å². The molecule has 0 spiro atoms. The van der Waals surface area contributed by atoms with Crippen LogP contribution in [-0.4, -0.2) is 25.1 Å². The first-order valence-electron chi connectivity index (χ1n) is 9.00. The van der Waals surface area contributed by atoms with E-state index in [0.717, 1.165) is 28.2 Å². The summed E-state index contributed by atoms with van der Waals surface area (Å²) in [6, 6.07) is 16.6. The van der Waals surface area contributed by atoms with E-state index in [4.69, 9.17) is 0 Å². The van der Waals surface area contributed by atoms with E-state index in [-0.39, 0.29) is 10.8 Å². The van der Waals surface area contributed by atoms with Gasteiger partial charge in [0.25, 0.3) is 5.91 Å². The van der Waals surface area contributed by atoms with Gasteiger partial charge in [-0.15, -0.1) is 0 Å². The number of sulfone groups is 1. The molecule has 146 valence electrons. The Morgan fingerprint density at radius 2 is 1.68 bits per heavy atom. The lowest BCUT2D eigenvalue weighted by atomic mass is 10.2. The van der Waals surface area contributed by atoms with Crippen molar-refractivity contribution in [3.8, 4) is 5.69 Å². The molecule has 6 heteroatoms. The SMILES string of the molecule is Cc1cccc(-n2c(C)cc(C(=O)NCc3ccc(S(C)(=O)=O)cc3)c2C)c1. The Labute approximate surface area is 165 Å². The van der Waals surface area contributed by atoms with Gasteiger partial charge in [0, 0.05) is 29.9 Å². The third kappa shape index (κ3) is 4.17. The normalized spacial score (nSPS) is 11.4. The Hall–Kier alpha value is -2.86. The highest BCUT2D eigenvalue weighted by molar-refractivity contribution is 7.90. The lowest BCUT2D eigenvalue weighted by Gasteiger charge is -2.11. The molecule has 2 aromatic carbocycles. The number of aromatic nitrogens is 1. The van der Waals surface area contributed by atoms with Crippen molar-refractivity contribution in [3.63, 3.8) is 0 Å². The van der Waals surface area contributed by atoms with E-state index >= 15 is 0 Å². The number of hydrogen-bond donors (Lipinski definition) is 1. The highest BCUT2D eigenvalue weighted by Crippen LogP contribution is 2.21. The maximum atomic E-state index is 12.7. The van der Waals surface area contributed by atoms with E-state index in [1.807, 2.05) is 45.0 Å². The summed E-state index contributed by atoms with van der Waals surface area (Å²) in [5, 5.41) is 2.92. The number of carbonyl (C=O) groups excluding carboxylic acids is 1. The van der Waals surface area contributed by atoms with Crippen LogP contribution in [0.15, 0.2) is 59.5 Å². The van der Waals surface area contributed by atoms with Gasteiger partial charge in [-0.3, -0.25) is 4.79 Å². The summed E-state index contributed by atoms with van der Waals surface area (Å²) in [6.45, 7) is 6.29. The molecule has 28 heavy (non-hydrogen) atoms. The summed E-state index contributed by atoms with van der Waals surface area (Å²) >= 11 is 0. The molecule has 5 nitrogen and oxygen atoms in total. The zero-order chi connectivity index (χ0) is 20.5. The number of benzene rings is 2. The zero-order valence-electron chi connectivity index (χ0n) is 16.5. The molecular weight excluding hydrogens is 372 g/mol. The van der Waals surface area contributed by atoms with E-state index in [1.165, 1.54) is 6.26 Å². The minimum Gasteiger partial charge on any atom is -0.348 e. The maximum Gasteiger partial charge on any atom is 0.253 e. The molecule has 0 bridgehead atoms. The first-order chi connectivity index (χ1) is 13.2. The topological polar surface area (TPSA) is 68.2 Å². The van der Waals surface area contributed by atoms with E-state index in [1.54, 1.807) is 24.3 Å². The van der Waals surface area contributed by atoms with Crippen LogP contribution in [0.1, 0.15) is 32.9 Å². The fourth-order valence-corrected chi connectivity index (χ4v) is 3.92. The molecule has 1 aromatic heterocycles. The summed E-state index contributed by atoms with van der Waals surface area (Å²) in [5.74, 6) is -0.154. The Kier molecular flexibility index (Phi) is 5.42. The molecule has 0 radical (unpaired) electrons. The molecule has 0 aliphatic heterocycles. The lowest BCUT2D eigenvalue weighted by molar-refractivity contribution is 0.0950. The smallest absolute Gasteiger partial charge is 0.253 e. The van der Waals surface area contributed by atoms with Gasteiger partial charge in [-0.05, 0) is 62.2 Å². The van der Waals surface area contributed by atoms with Crippen molar-refractivity contribution in [2.45, 2.75) is 32.2 Å². The molecule has 3 aromatic rings. The highest BCUT2D eigenvalue weighted by atomic mass is 32.2. The van der Waals surface area contributed by atoms with Gasteiger partial charge in [0.2, 0.25) is 0 Å². The molecule has 1 amide bonds. The van der Waals surface area contributed by atoms with Crippen molar-refractivity contribution in [2.75, 3.05) is 6.26 Å². The summed E-state index contributed by atoms with van der Waals surface area (Å²) in [5.41, 5.74) is 5.54. The second-order valence-electron chi connectivity index (χ2n) is 7.06. The van der Waals surface area contributed by atoms with Crippen molar-refractivity contribution < 1.29 is 13.2 Å². The van der Waals surface area contributed by atoms with Gasteiger partial charge in [-0.25, -0.2) is 8.42 Å². The first kappa shape index (κ1) is 19.9. The summed E-state index contributed by atoms with van der Waals surface area (Å²) in [6.07, 6.45) is 1.17. The average molecular weight is 397 g/mol. The van der Waals surface area contributed by atoms with Crippen LogP contribution in [0, 0.1) is 20.8 Å². The minimum absolute atomic E-state index is 0.154. The van der Waals surface area contributed by atoms with E-state index in [2.05, 4.69) is 16.0 Å².